The van der Waals surface area contributed by atoms with Crippen molar-refractivity contribution in [1.82, 2.24) is 0 Å². The maximum atomic E-state index is 2.55. The largest absolute Gasteiger partial charge is 0.0840 e. The quantitative estimate of drug-likeness (QED) is 0.634. The third kappa shape index (κ3) is 3.59. The lowest BCUT2D eigenvalue weighted by Gasteiger charge is -2.32. The summed E-state index contributed by atoms with van der Waals surface area (Å²) in [6.45, 7) is 9.28. The highest BCUT2D eigenvalue weighted by Crippen LogP contribution is 2.45. The number of hydrogen-bond donors (Lipinski definition) is 0. The minimum atomic E-state index is -0.167. The van der Waals surface area contributed by atoms with Gasteiger partial charge in [0.05, 0.1) is 0 Å². The maximum absolute atomic E-state index is 2.55. The van der Waals surface area contributed by atoms with Crippen molar-refractivity contribution in [3.63, 3.8) is 0 Å². The molecule has 0 aliphatic heterocycles. The minimum absolute atomic E-state index is 0.167. The van der Waals surface area contributed by atoms with Crippen LogP contribution in [0.25, 0.3) is 0 Å². The van der Waals surface area contributed by atoms with Gasteiger partial charge in [-0.05, 0) is 34.4 Å². The van der Waals surface area contributed by atoms with E-state index in [-0.39, 0.29) is 9.52 Å². The van der Waals surface area contributed by atoms with E-state index in [0.717, 1.165) is 5.54 Å². The summed E-state index contributed by atoms with van der Waals surface area (Å²) in [7, 11) is -0.167. The van der Waals surface area contributed by atoms with Gasteiger partial charge in [-0.15, -0.1) is 0 Å². The van der Waals surface area contributed by atoms with E-state index in [9.17, 15) is 0 Å². The molecule has 0 fully saturated rings. The fourth-order valence-corrected chi connectivity index (χ4v) is 6.06. The van der Waals surface area contributed by atoms with Gasteiger partial charge >= 0.3 is 0 Å². The Morgan fingerprint density at radius 3 is 2.63 bits per heavy atom. The molecule has 0 aromatic rings. The smallest absolute Gasteiger partial charge is 0.0447 e. The highest BCUT2D eigenvalue weighted by Gasteiger charge is 2.31. The summed E-state index contributed by atoms with van der Waals surface area (Å²) in [6, 6.07) is 0. The zero-order chi connectivity index (χ0) is 13.9. The Hall–Kier alpha value is -0.823. The zero-order valence-corrected chi connectivity index (χ0v) is 14.4. The molecule has 1 heteroatoms. The van der Waals surface area contributed by atoms with Crippen molar-refractivity contribution in [3.8, 4) is 0 Å². The van der Waals surface area contributed by atoms with Crippen molar-refractivity contribution in [3.05, 3.63) is 48.1 Å². The third-order valence-corrected chi connectivity index (χ3v) is 7.06. The van der Waals surface area contributed by atoms with Crippen LogP contribution in [-0.4, -0.2) is 9.52 Å². The van der Waals surface area contributed by atoms with Crippen molar-refractivity contribution in [2.24, 2.45) is 5.41 Å². The molecule has 0 nitrogen and oxygen atoms in total. The van der Waals surface area contributed by atoms with Gasteiger partial charge in [-0.3, -0.25) is 0 Å². The van der Waals surface area contributed by atoms with E-state index >= 15 is 0 Å². The van der Waals surface area contributed by atoms with E-state index in [1.54, 1.807) is 0 Å². The van der Waals surface area contributed by atoms with E-state index in [0.29, 0.717) is 10.5 Å². The molecule has 0 amide bonds. The highest BCUT2D eigenvalue weighted by molar-refractivity contribution is 6.44. The van der Waals surface area contributed by atoms with Crippen molar-refractivity contribution in [2.75, 3.05) is 0 Å². The lowest BCUT2D eigenvalue weighted by atomic mass is 9.87. The molecule has 0 spiro atoms. The molecule has 2 aliphatic rings. The van der Waals surface area contributed by atoms with Crippen LogP contribution in [0.3, 0.4) is 0 Å². The van der Waals surface area contributed by atoms with Crippen LogP contribution in [0.1, 0.15) is 47.0 Å². The first-order chi connectivity index (χ1) is 8.95. The van der Waals surface area contributed by atoms with Gasteiger partial charge in [0, 0.05) is 9.52 Å². The molecule has 0 aromatic carbocycles. The van der Waals surface area contributed by atoms with E-state index in [4.69, 9.17) is 0 Å². The molecule has 0 bridgehead atoms. The molecule has 2 unspecified atom stereocenters. The minimum Gasteiger partial charge on any atom is -0.0840 e. The second-order valence-electron chi connectivity index (χ2n) is 7.20. The summed E-state index contributed by atoms with van der Waals surface area (Å²) in [5.41, 5.74) is 2.60. The number of allylic oxidation sites excluding steroid dienone is 8. The molecule has 2 rings (SSSR count). The normalized spacial score (nSPS) is 30.5. The molecule has 0 aromatic heterocycles. The van der Waals surface area contributed by atoms with E-state index in [1.807, 2.05) is 0 Å². The summed E-state index contributed by atoms with van der Waals surface area (Å²) >= 11 is 0. The lowest BCUT2D eigenvalue weighted by molar-refractivity contribution is 0.517. The van der Waals surface area contributed by atoms with E-state index in [1.165, 1.54) is 24.8 Å². The Morgan fingerprint density at radius 2 is 2.11 bits per heavy atom. The van der Waals surface area contributed by atoms with Crippen LogP contribution in [0.4, 0.5) is 0 Å². The van der Waals surface area contributed by atoms with E-state index in [2.05, 4.69) is 70.2 Å². The van der Waals surface area contributed by atoms with Gasteiger partial charge in [0.1, 0.15) is 0 Å². The van der Waals surface area contributed by atoms with Gasteiger partial charge in [-0.2, -0.15) is 0 Å². The number of rotatable bonds is 4. The van der Waals surface area contributed by atoms with Crippen molar-refractivity contribution < 1.29 is 0 Å². The van der Waals surface area contributed by atoms with Gasteiger partial charge in [-0.25, -0.2) is 0 Å². The molecule has 104 valence electrons. The van der Waals surface area contributed by atoms with Crippen LogP contribution in [-0.2, 0) is 0 Å². The molecule has 0 radical (unpaired) electrons. The Balaban J connectivity index is 2.08. The van der Waals surface area contributed by atoms with Crippen LogP contribution in [0.2, 0.25) is 10.6 Å². The zero-order valence-electron chi connectivity index (χ0n) is 12.9. The second-order valence-corrected chi connectivity index (χ2v) is 9.96. The molecule has 2 aliphatic carbocycles. The molecule has 0 saturated heterocycles. The summed E-state index contributed by atoms with van der Waals surface area (Å²) in [4.78, 5) is 0. The summed E-state index contributed by atoms with van der Waals surface area (Å²) in [6.07, 6.45) is 20.7. The van der Waals surface area contributed by atoms with Crippen LogP contribution in [0.5, 0.6) is 0 Å². The molecule has 0 heterocycles. The van der Waals surface area contributed by atoms with Gasteiger partial charge in [0.2, 0.25) is 0 Å². The predicted octanol–water partition coefficient (Wildman–Crippen LogP) is 4.96. The van der Waals surface area contributed by atoms with Gasteiger partial charge < -0.3 is 0 Å². The first-order valence-corrected chi connectivity index (χ1v) is 9.22. The molecular formula is C18H28Si. The summed E-state index contributed by atoms with van der Waals surface area (Å²) in [5, 5.41) is 0.530. The van der Waals surface area contributed by atoms with Crippen molar-refractivity contribution in [1.29, 1.82) is 0 Å². The van der Waals surface area contributed by atoms with E-state index < -0.39 is 0 Å². The maximum Gasteiger partial charge on any atom is 0.0447 e. The van der Waals surface area contributed by atoms with Crippen LogP contribution in [0, 0.1) is 5.41 Å². The third-order valence-electron chi connectivity index (χ3n) is 4.39. The van der Waals surface area contributed by atoms with Crippen molar-refractivity contribution in [2.45, 2.75) is 57.5 Å². The Kier molecular flexibility index (Phi) is 4.35. The SMILES string of the molecule is CCCC1([SiH2]C2C=CC(C(C)(C)C)=C2)C=CC=CC1. The first-order valence-electron chi connectivity index (χ1n) is 7.70. The fourth-order valence-electron chi connectivity index (χ4n) is 3.31. The molecule has 0 saturated carbocycles. The van der Waals surface area contributed by atoms with Crippen molar-refractivity contribution >= 4 is 9.52 Å². The molecule has 0 N–H and O–H groups in total. The van der Waals surface area contributed by atoms with Crippen LogP contribution in [0.15, 0.2) is 48.1 Å². The summed E-state index contributed by atoms with van der Waals surface area (Å²) in [5.74, 6) is 0. The lowest BCUT2D eigenvalue weighted by Crippen LogP contribution is -2.21. The molecular weight excluding hydrogens is 244 g/mol. The molecule has 2 atom stereocenters. The Bertz CT molecular complexity index is 431. The standard InChI is InChI=1S/C18H28Si/c1-5-11-18(12-7-6-8-13-18)19-16-10-9-15(14-16)17(2,3)4/h6-10,12,14,16H,5,11,13,19H2,1-4H3. The Morgan fingerprint density at radius 1 is 1.32 bits per heavy atom. The Labute approximate surface area is 121 Å². The fraction of sp³-hybridized carbons (Fsp3) is 0.556. The van der Waals surface area contributed by atoms with Crippen LogP contribution < -0.4 is 0 Å². The first kappa shape index (κ1) is 14.6. The van der Waals surface area contributed by atoms with Gasteiger partial charge in [0.15, 0.2) is 0 Å². The van der Waals surface area contributed by atoms with Gasteiger partial charge in [-0.1, -0.05) is 76.6 Å². The second kappa shape index (κ2) is 5.66. The molecule has 19 heavy (non-hydrogen) atoms. The average molecular weight is 273 g/mol. The number of hydrogen-bond acceptors (Lipinski definition) is 0. The van der Waals surface area contributed by atoms with Crippen LogP contribution >= 0.6 is 0 Å². The monoisotopic (exact) mass is 272 g/mol. The van der Waals surface area contributed by atoms with Gasteiger partial charge in [0.25, 0.3) is 0 Å². The summed E-state index contributed by atoms with van der Waals surface area (Å²) < 4.78 is 0. The predicted molar refractivity (Wildman–Crippen MR) is 89.5 cm³/mol. The highest BCUT2D eigenvalue weighted by atomic mass is 28.2. The average Bonchev–Trinajstić information content (AvgIpc) is 2.78. The topological polar surface area (TPSA) is 0 Å².